The number of rotatable bonds is 3. The summed E-state index contributed by atoms with van der Waals surface area (Å²) in [4.78, 5) is 28.7. The van der Waals surface area contributed by atoms with E-state index in [2.05, 4.69) is 0 Å². The number of nitro benzene ring substituents is 2. The van der Waals surface area contributed by atoms with Crippen molar-refractivity contribution in [1.29, 1.82) is 0 Å². The predicted octanol–water partition coefficient (Wildman–Crippen LogP) is 1.34. The minimum absolute atomic E-state index is 0.421. The van der Waals surface area contributed by atoms with Gasteiger partial charge >= 0.3 is 17.3 Å². The molecule has 16 heavy (non-hydrogen) atoms. The van der Waals surface area contributed by atoms with Crippen molar-refractivity contribution in [1.82, 2.24) is 0 Å². The predicted molar refractivity (Wildman–Crippen MR) is 46.7 cm³/mol. The maximum atomic E-state index is 13.1. The first-order chi connectivity index (χ1) is 7.34. The Kier molecular flexibility index (Phi) is 2.79. The summed E-state index contributed by atoms with van der Waals surface area (Å²) >= 11 is 0. The molecule has 0 aliphatic rings. The molecule has 84 valence electrons. The second-order valence-corrected chi connectivity index (χ2v) is 2.65. The zero-order valence-corrected chi connectivity index (χ0v) is 7.42. The van der Waals surface area contributed by atoms with Crippen molar-refractivity contribution in [3.8, 4) is 0 Å². The SMILES string of the molecule is O=C(O)c1cc([N+](=O)[O-])c(F)c([N+](=O)[O-])c1. The number of nitro groups is 2. The summed E-state index contributed by atoms with van der Waals surface area (Å²) < 4.78 is 13.1. The zero-order valence-electron chi connectivity index (χ0n) is 7.42. The van der Waals surface area contributed by atoms with Gasteiger partial charge in [-0.1, -0.05) is 0 Å². The fraction of sp³-hybridized carbons (Fsp3) is 0. The van der Waals surface area contributed by atoms with Crippen LogP contribution in [0.1, 0.15) is 10.4 Å². The van der Waals surface area contributed by atoms with Crippen LogP contribution in [-0.2, 0) is 0 Å². The number of nitrogens with zero attached hydrogens (tertiary/aromatic N) is 2. The standard InChI is InChI=1S/C7H3FN2O6/c8-6-4(9(13)14)1-3(7(11)12)2-5(6)10(15)16/h1-2H,(H,11,12). The molecular formula is C7H3FN2O6. The molecule has 0 amide bonds. The molecule has 1 rings (SSSR count). The second-order valence-electron chi connectivity index (χ2n) is 2.65. The number of hydrogen-bond donors (Lipinski definition) is 1. The van der Waals surface area contributed by atoms with Crippen molar-refractivity contribution < 1.29 is 24.1 Å². The van der Waals surface area contributed by atoms with Gasteiger partial charge in [-0.3, -0.25) is 20.2 Å². The number of halogens is 1. The topological polar surface area (TPSA) is 124 Å². The van der Waals surface area contributed by atoms with Gasteiger partial charge in [-0.05, 0) is 0 Å². The van der Waals surface area contributed by atoms with Gasteiger partial charge in [0, 0.05) is 12.1 Å². The fourth-order valence-corrected chi connectivity index (χ4v) is 0.983. The Hall–Kier alpha value is -2.58. The molecule has 0 bridgehead atoms. The molecule has 0 radical (unpaired) electrons. The normalized spacial score (nSPS) is 9.81. The van der Waals surface area contributed by atoms with Gasteiger partial charge in [0.2, 0.25) is 0 Å². The van der Waals surface area contributed by atoms with Crippen molar-refractivity contribution in [2.45, 2.75) is 0 Å². The van der Waals surface area contributed by atoms with Gasteiger partial charge in [-0.2, -0.15) is 4.39 Å². The summed E-state index contributed by atoms with van der Waals surface area (Å²) in [6, 6.07) is 0.843. The van der Waals surface area contributed by atoms with Crippen LogP contribution in [0.3, 0.4) is 0 Å². The summed E-state index contributed by atoms with van der Waals surface area (Å²) in [5.41, 5.74) is -3.21. The fourth-order valence-electron chi connectivity index (χ4n) is 0.983. The van der Waals surface area contributed by atoms with Crippen molar-refractivity contribution in [3.05, 3.63) is 43.7 Å². The Balaban J connectivity index is 3.57. The van der Waals surface area contributed by atoms with E-state index in [1.54, 1.807) is 0 Å². The van der Waals surface area contributed by atoms with Crippen LogP contribution in [0.25, 0.3) is 0 Å². The molecular weight excluding hydrogens is 227 g/mol. The number of carboxylic acid groups (broad SMARTS) is 1. The lowest BCUT2D eigenvalue weighted by Gasteiger charge is -1.98. The molecule has 0 aliphatic carbocycles. The van der Waals surface area contributed by atoms with Crippen LogP contribution >= 0.6 is 0 Å². The molecule has 9 heteroatoms. The van der Waals surface area contributed by atoms with Crippen LogP contribution in [-0.4, -0.2) is 20.9 Å². The van der Waals surface area contributed by atoms with Crippen molar-refractivity contribution >= 4 is 17.3 Å². The Labute approximate surface area is 86.2 Å². The quantitative estimate of drug-likeness (QED) is 0.617. The molecule has 0 fully saturated rings. The third-order valence-corrected chi connectivity index (χ3v) is 1.67. The highest BCUT2D eigenvalue weighted by molar-refractivity contribution is 5.89. The number of benzene rings is 1. The summed E-state index contributed by atoms with van der Waals surface area (Å²) in [5.74, 6) is -3.29. The van der Waals surface area contributed by atoms with E-state index in [0.29, 0.717) is 12.1 Å². The van der Waals surface area contributed by atoms with Gasteiger partial charge in [-0.25, -0.2) is 4.79 Å². The van der Waals surface area contributed by atoms with Crippen LogP contribution < -0.4 is 0 Å². The van der Waals surface area contributed by atoms with Crippen LogP contribution in [0.15, 0.2) is 12.1 Å². The largest absolute Gasteiger partial charge is 0.478 e. The zero-order chi connectivity index (χ0) is 12.5. The average molecular weight is 230 g/mol. The van der Waals surface area contributed by atoms with E-state index in [1.807, 2.05) is 0 Å². The molecule has 1 N–H and O–H groups in total. The molecule has 0 spiro atoms. The Morgan fingerprint density at radius 2 is 1.56 bits per heavy atom. The number of hydrogen-bond acceptors (Lipinski definition) is 5. The van der Waals surface area contributed by atoms with Crippen LogP contribution in [0, 0.1) is 26.0 Å². The lowest BCUT2D eigenvalue weighted by Crippen LogP contribution is -2.04. The minimum atomic E-state index is -1.67. The molecule has 0 saturated carbocycles. The third kappa shape index (κ3) is 1.92. The van der Waals surface area contributed by atoms with E-state index in [-0.39, 0.29) is 0 Å². The maximum absolute atomic E-state index is 13.1. The number of carbonyl (C=O) groups is 1. The number of carboxylic acids is 1. The molecule has 0 aromatic heterocycles. The van der Waals surface area contributed by atoms with E-state index in [9.17, 15) is 29.4 Å². The van der Waals surface area contributed by atoms with Gasteiger partial charge in [0.25, 0.3) is 5.82 Å². The molecule has 0 aliphatic heterocycles. The third-order valence-electron chi connectivity index (χ3n) is 1.67. The first kappa shape index (κ1) is 11.5. The van der Waals surface area contributed by atoms with Crippen LogP contribution in [0.5, 0.6) is 0 Å². The van der Waals surface area contributed by atoms with Gasteiger partial charge in [0.1, 0.15) is 0 Å². The molecule has 0 saturated heterocycles. The van der Waals surface area contributed by atoms with E-state index in [1.165, 1.54) is 0 Å². The van der Waals surface area contributed by atoms with Crippen molar-refractivity contribution in [3.63, 3.8) is 0 Å². The maximum Gasteiger partial charge on any atom is 0.336 e. The van der Waals surface area contributed by atoms with Gasteiger partial charge < -0.3 is 5.11 Å². The lowest BCUT2D eigenvalue weighted by atomic mass is 10.1. The van der Waals surface area contributed by atoms with E-state index >= 15 is 0 Å². The summed E-state index contributed by atoms with van der Waals surface area (Å²) in [6.45, 7) is 0. The summed E-state index contributed by atoms with van der Waals surface area (Å²) in [7, 11) is 0. The number of aromatic carboxylic acids is 1. The summed E-state index contributed by atoms with van der Waals surface area (Å²) in [6.07, 6.45) is 0. The van der Waals surface area contributed by atoms with Gasteiger partial charge in [0.05, 0.1) is 15.4 Å². The molecule has 0 unspecified atom stereocenters. The first-order valence-corrected chi connectivity index (χ1v) is 3.70. The highest BCUT2D eigenvalue weighted by Crippen LogP contribution is 2.28. The van der Waals surface area contributed by atoms with E-state index in [0.717, 1.165) is 0 Å². The molecule has 1 aromatic rings. The second kappa shape index (κ2) is 3.88. The van der Waals surface area contributed by atoms with E-state index < -0.39 is 38.6 Å². The monoisotopic (exact) mass is 230 g/mol. The van der Waals surface area contributed by atoms with Gasteiger partial charge in [-0.15, -0.1) is 0 Å². The molecule has 1 aromatic carbocycles. The Bertz CT molecular complexity index is 465. The average Bonchev–Trinajstić information content (AvgIpc) is 2.16. The van der Waals surface area contributed by atoms with Crippen molar-refractivity contribution in [2.24, 2.45) is 0 Å². The molecule has 0 atom stereocenters. The smallest absolute Gasteiger partial charge is 0.336 e. The lowest BCUT2D eigenvalue weighted by molar-refractivity contribution is -0.399. The van der Waals surface area contributed by atoms with Crippen LogP contribution in [0.4, 0.5) is 15.8 Å². The molecule has 8 nitrogen and oxygen atoms in total. The summed E-state index contributed by atoms with van der Waals surface area (Å²) in [5, 5.41) is 29.2. The highest BCUT2D eigenvalue weighted by atomic mass is 19.1. The van der Waals surface area contributed by atoms with Crippen LogP contribution in [0.2, 0.25) is 0 Å². The molecule has 0 heterocycles. The Morgan fingerprint density at radius 1 is 1.19 bits per heavy atom. The Morgan fingerprint density at radius 3 is 1.81 bits per heavy atom. The first-order valence-electron chi connectivity index (χ1n) is 3.70. The van der Waals surface area contributed by atoms with Gasteiger partial charge in [0.15, 0.2) is 0 Å². The van der Waals surface area contributed by atoms with Crippen molar-refractivity contribution in [2.75, 3.05) is 0 Å². The highest BCUT2D eigenvalue weighted by Gasteiger charge is 2.28. The van der Waals surface area contributed by atoms with E-state index in [4.69, 9.17) is 5.11 Å². The minimum Gasteiger partial charge on any atom is -0.478 e.